The van der Waals surface area contributed by atoms with E-state index < -0.39 is 18.9 Å². The van der Waals surface area contributed by atoms with E-state index in [2.05, 4.69) is 35.9 Å². The SMILES string of the molecule is [2H]C([2H])([2H])NC(=O)c1nnc(Nc2ccc(C(=O)O)cn2)cc1Nc1cccc(-c2ncn(C)n2)c1OC. The minimum atomic E-state index is -2.76. The number of carbonyl (C=O) groups is 2. The van der Waals surface area contributed by atoms with Crippen molar-refractivity contribution in [1.29, 1.82) is 0 Å². The molecule has 0 radical (unpaired) electrons. The van der Waals surface area contributed by atoms with Gasteiger partial charge in [-0.05, 0) is 24.3 Å². The number of carboxylic acids is 1. The maximum atomic E-state index is 12.7. The molecule has 0 aliphatic heterocycles. The number of nitrogens with zero attached hydrogens (tertiary/aromatic N) is 6. The lowest BCUT2D eigenvalue weighted by Gasteiger charge is -2.16. The van der Waals surface area contributed by atoms with Crippen molar-refractivity contribution in [2.75, 3.05) is 24.7 Å². The van der Waals surface area contributed by atoms with Crippen LogP contribution >= 0.6 is 0 Å². The molecule has 1 aromatic carbocycles. The quantitative estimate of drug-likeness (QED) is 0.293. The number of aromatic carboxylic acids is 1. The van der Waals surface area contributed by atoms with Gasteiger partial charge in [0.2, 0.25) is 0 Å². The highest BCUT2D eigenvalue weighted by Gasteiger charge is 2.19. The Balaban J connectivity index is 1.73. The van der Waals surface area contributed by atoms with E-state index in [4.69, 9.17) is 14.0 Å². The number of benzene rings is 1. The summed E-state index contributed by atoms with van der Waals surface area (Å²) in [6.45, 7) is -2.76. The predicted octanol–water partition coefficient (Wildman–Crippen LogP) is 2.22. The van der Waals surface area contributed by atoms with Crippen molar-refractivity contribution >= 4 is 34.9 Å². The van der Waals surface area contributed by atoms with Crippen LogP contribution < -0.4 is 20.7 Å². The number of pyridine rings is 1. The number of rotatable bonds is 8. The Hall–Kier alpha value is -5.07. The fourth-order valence-corrected chi connectivity index (χ4v) is 3.14. The highest BCUT2D eigenvalue weighted by Crippen LogP contribution is 2.37. The lowest BCUT2D eigenvalue weighted by Crippen LogP contribution is -2.21. The summed E-state index contributed by atoms with van der Waals surface area (Å²) in [7, 11) is 3.18. The summed E-state index contributed by atoms with van der Waals surface area (Å²) >= 11 is 0. The van der Waals surface area contributed by atoms with Crippen LogP contribution in [0.2, 0.25) is 0 Å². The number of carboxylic acid groups (broad SMARTS) is 1. The summed E-state index contributed by atoms with van der Waals surface area (Å²) in [6.07, 6.45) is 2.70. The lowest BCUT2D eigenvalue weighted by molar-refractivity contribution is 0.0696. The number of para-hydroxylation sites is 1. The van der Waals surface area contributed by atoms with Gasteiger partial charge in [0.05, 0.1) is 29.6 Å². The Morgan fingerprint density at radius 1 is 1.09 bits per heavy atom. The van der Waals surface area contributed by atoms with E-state index >= 15 is 0 Å². The van der Waals surface area contributed by atoms with Gasteiger partial charge in [0.15, 0.2) is 23.1 Å². The minimum Gasteiger partial charge on any atom is -0.494 e. The Morgan fingerprint density at radius 2 is 1.94 bits per heavy atom. The van der Waals surface area contributed by atoms with Gasteiger partial charge >= 0.3 is 5.97 Å². The molecule has 3 aromatic heterocycles. The second-order valence-electron chi connectivity index (χ2n) is 7.06. The number of carbonyl (C=O) groups excluding carboxylic acids is 1. The van der Waals surface area contributed by atoms with Gasteiger partial charge in [-0.15, -0.1) is 10.2 Å². The van der Waals surface area contributed by atoms with Crippen LogP contribution in [-0.4, -0.2) is 61.0 Å². The number of hydrogen-bond acceptors (Lipinski definition) is 10. The van der Waals surface area contributed by atoms with Crippen molar-refractivity contribution in [3.63, 3.8) is 0 Å². The van der Waals surface area contributed by atoms with Gasteiger partial charge in [-0.2, -0.15) is 5.10 Å². The average Bonchev–Trinajstić information content (AvgIpc) is 3.29. The molecule has 0 unspecified atom stereocenters. The molecule has 0 saturated carbocycles. The Bertz CT molecular complexity index is 1490. The highest BCUT2D eigenvalue weighted by atomic mass is 16.5. The van der Waals surface area contributed by atoms with E-state index in [1.54, 1.807) is 25.2 Å². The first-order chi connectivity index (χ1) is 18.0. The van der Waals surface area contributed by atoms with E-state index in [0.717, 1.165) is 6.20 Å². The topological polar surface area (TPSA) is 169 Å². The van der Waals surface area contributed by atoms with E-state index in [9.17, 15) is 9.59 Å². The first-order valence-electron chi connectivity index (χ1n) is 11.5. The zero-order valence-corrected chi connectivity index (χ0v) is 18.5. The van der Waals surface area contributed by atoms with E-state index in [1.807, 2.05) is 5.32 Å². The van der Waals surface area contributed by atoms with Gasteiger partial charge in [-0.25, -0.2) is 14.8 Å². The van der Waals surface area contributed by atoms with Crippen molar-refractivity contribution in [2.45, 2.75) is 0 Å². The average molecular weight is 478 g/mol. The number of amides is 1. The fourth-order valence-electron chi connectivity index (χ4n) is 3.14. The van der Waals surface area contributed by atoms with Crippen LogP contribution in [0.1, 0.15) is 25.0 Å². The largest absolute Gasteiger partial charge is 0.494 e. The molecule has 13 nitrogen and oxygen atoms in total. The number of anilines is 4. The van der Waals surface area contributed by atoms with Crippen molar-refractivity contribution in [2.24, 2.45) is 7.05 Å². The van der Waals surface area contributed by atoms with Gasteiger partial charge in [-0.3, -0.25) is 9.48 Å². The van der Waals surface area contributed by atoms with Gasteiger partial charge in [0.1, 0.15) is 12.1 Å². The maximum absolute atomic E-state index is 12.7. The third-order valence-electron chi connectivity index (χ3n) is 4.72. The molecule has 0 fully saturated rings. The van der Waals surface area contributed by atoms with Crippen LogP contribution in [0.25, 0.3) is 11.4 Å². The van der Waals surface area contributed by atoms with Gasteiger partial charge in [0, 0.05) is 30.4 Å². The molecule has 13 heteroatoms. The van der Waals surface area contributed by atoms with Gasteiger partial charge < -0.3 is 25.8 Å². The number of aromatic nitrogens is 6. The van der Waals surface area contributed by atoms with Crippen molar-refractivity contribution < 1.29 is 23.5 Å². The molecule has 0 spiro atoms. The number of methoxy groups -OCH3 is 1. The fraction of sp³-hybridized carbons (Fsp3) is 0.136. The number of ether oxygens (including phenoxy) is 1. The maximum Gasteiger partial charge on any atom is 0.337 e. The first kappa shape index (κ1) is 19.4. The number of aryl methyl sites for hydroxylation is 1. The third kappa shape index (κ3) is 4.98. The molecule has 35 heavy (non-hydrogen) atoms. The molecule has 0 aliphatic rings. The summed E-state index contributed by atoms with van der Waals surface area (Å²) in [5.41, 5.74) is 0.758. The number of nitrogens with one attached hydrogen (secondary N) is 3. The molecule has 0 atom stereocenters. The van der Waals surface area contributed by atoms with E-state index in [1.165, 1.54) is 36.3 Å². The van der Waals surface area contributed by atoms with Crippen LogP contribution in [0.3, 0.4) is 0 Å². The first-order valence-corrected chi connectivity index (χ1v) is 10.0. The molecule has 0 aliphatic carbocycles. The summed E-state index contributed by atoms with van der Waals surface area (Å²) < 4.78 is 29.2. The Labute approximate surface area is 203 Å². The van der Waals surface area contributed by atoms with Crippen LogP contribution in [0.5, 0.6) is 5.75 Å². The summed E-state index contributed by atoms with van der Waals surface area (Å²) in [6, 6.07) is 9.35. The molecule has 1 amide bonds. The van der Waals surface area contributed by atoms with Crippen LogP contribution in [0.4, 0.5) is 23.0 Å². The van der Waals surface area contributed by atoms with E-state index in [0.29, 0.717) is 22.8 Å². The standard InChI is InChI=1S/C22H21N9O4/c1-23-21(32)18-15(9-17(28-29-18)27-16-8-7-12(10-24-16)22(33)34)26-14-6-4-5-13(19(14)35-3)20-25-11-31(2)30-20/h4-11H,1-3H3,(H,23,32)(H,33,34)(H2,24,26,27,28)/i1D3. The molecule has 4 rings (SSSR count). The normalized spacial score (nSPS) is 12.1. The molecule has 0 bridgehead atoms. The van der Waals surface area contributed by atoms with E-state index in [-0.39, 0.29) is 28.6 Å². The summed E-state index contributed by atoms with van der Waals surface area (Å²) in [5, 5.41) is 29.0. The summed E-state index contributed by atoms with van der Waals surface area (Å²) in [5.74, 6) is -0.961. The molecule has 4 aromatic rings. The second-order valence-corrected chi connectivity index (χ2v) is 7.06. The molecule has 3 heterocycles. The zero-order valence-electron chi connectivity index (χ0n) is 21.5. The van der Waals surface area contributed by atoms with Gasteiger partial charge in [-0.1, -0.05) is 6.07 Å². The Kier molecular flexibility index (Phi) is 5.45. The van der Waals surface area contributed by atoms with Crippen molar-refractivity contribution in [1.82, 2.24) is 35.3 Å². The predicted molar refractivity (Wildman–Crippen MR) is 126 cm³/mol. The zero-order chi connectivity index (χ0) is 27.4. The molecule has 178 valence electrons. The third-order valence-corrected chi connectivity index (χ3v) is 4.72. The lowest BCUT2D eigenvalue weighted by atomic mass is 10.1. The van der Waals surface area contributed by atoms with Crippen molar-refractivity contribution in [3.8, 4) is 17.1 Å². The molecule has 0 saturated heterocycles. The minimum absolute atomic E-state index is 0.00459. The second kappa shape index (κ2) is 9.82. The number of hydrogen-bond donors (Lipinski definition) is 4. The van der Waals surface area contributed by atoms with Crippen LogP contribution in [0.15, 0.2) is 48.9 Å². The molecular weight excluding hydrogens is 454 g/mol. The monoisotopic (exact) mass is 478 g/mol. The van der Waals surface area contributed by atoms with Crippen LogP contribution in [0, 0.1) is 0 Å². The van der Waals surface area contributed by atoms with Crippen molar-refractivity contribution in [3.05, 3.63) is 60.2 Å². The summed E-state index contributed by atoms with van der Waals surface area (Å²) in [4.78, 5) is 32.1. The molecular formula is C22H21N9O4. The Morgan fingerprint density at radius 3 is 2.60 bits per heavy atom. The van der Waals surface area contributed by atoms with Crippen LogP contribution in [-0.2, 0) is 7.05 Å². The van der Waals surface area contributed by atoms with Gasteiger partial charge in [0.25, 0.3) is 5.91 Å². The smallest absolute Gasteiger partial charge is 0.337 e. The molecule has 4 N–H and O–H groups in total. The highest BCUT2D eigenvalue weighted by molar-refractivity contribution is 5.99.